The van der Waals surface area contributed by atoms with Crippen molar-refractivity contribution in [1.82, 2.24) is 0 Å². The molecule has 0 saturated carbocycles. The van der Waals surface area contributed by atoms with E-state index < -0.39 is 0 Å². The summed E-state index contributed by atoms with van der Waals surface area (Å²) in [5.41, 5.74) is 15.6. The maximum Gasteiger partial charge on any atom is 0.116 e. The normalized spacial score (nSPS) is 10.1. The molecular formula is C22H32N4O. The molecule has 0 aromatic heterocycles. The summed E-state index contributed by atoms with van der Waals surface area (Å²) in [6.07, 6.45) is 4.41. The van der Waals surface area contributed by atoms with E-state index in [9.17, 15) is 0 Å². The highest BCUT2D eigenvalue weighted by Gasteiger charge is 1.93. The molecule has 5 heteroatoms. The standard InChI is InChI=1S/C12H16N2.C8H12N2.C2H4O/c1-3-13-9-11-6-5-7-12(8-11)10-14-4-2;9-5-7-2-1-3-8(4-7)6-10;1-2-3/h3-8H,9-10H2,1-2H3;1-4H,5-6,9-10H2;2H,1H3. The molecule has 2 aromatic rings. The molecule has 0 spiro atoms. The Labute approximate surface area is 163 Å². The number of benzene rings is 2. The van der Waals surface area contributed by atoms with Gasteiger partial charge in [-0.2, -0.15) is 0 Å². The molecule has 0 amide bonds. The van der Waals surface area contributed by atoms with Crippen molar-refractivity contribution in [2.24, 2.45) is 21.5 Å². The molecule has 0 aliphatic heterocycles. The second kappa shape index (κ2) is 16.8. The number of nitrogens with zero attached hydrogens (tertiary/aromatic N) is 2. The van der Waals surface area contributed by atoms with Gasteiger partial charge in [0.15, 0.2) is 0 Å². The zero-order valence-corrected chi connectivity index (χ0v) is 16.6. The highest BCUT2D eigenvalue weighted by molar-refractivity contribution is 5.53. The van der Waals surface area contributed by atoms with Crippen molar-refractivity contribution in [3.8, 4) is 0 Å². The second-order valence-electron chi connectivity index (χ2n) is 5.48. The molecule has 0 aliphatic rings. The topological polar surface area (TPSA) is 93.8 Å². The van der Waals surface area contributed by atoms with Crippen LogP contribution in [0.5, 0.6) is 0 Å². The van der Waals surface area contributed by atoms with Crippen LogP contribution in [-0.4, -0.2) is 18.7 Å². The predicted octanol–water partition coefficient (Wildman–Crippen LogP) is 3.68. The maximum absolute atomic E-state index is 8.81. The zero-order chi connectivity index (χ0) is 20.3. The zero-order valence-electron chi connectivity index (χ0n) is 16.6. The molecule has 0 heterocycles. The highest BCUT2D eigenvalue weighted by atomic mass is 16.1. The first-order chi connectivity index (χ1) is 13.1. The first kappa shape index (κ1) is 24.4. The Balaban J connectivity index is 0.000000455. The molecule has 0 atom stereocenters. The third kappa shape index (κ3) is 12.4. The largest absolute Gasteiger partial charge is 0.326 e. The number of aldehydes is 1. The molecule has 0 fully saturated rings. The lowest BCUT2D eigenvalue weighted by molar-refractivity contribution is -0.106. The monoisotopic (exact) mass is 368 g/mol. The smallest absolute Gasteiger partial charge is 0.116 e. The molecule has 2 aromatic carbocycles. The number of hydrogen-bond acceptors (Lipinski definition) is 5. The van der Waals surface area contributed by atoms with Crippen molar-refractivity contribution in [2.75, 3.05) is 0 Å². The van der Waals surface area contributed by atoms with Gasteiger partial charge in [0.2, 0.25) is 0 Å². The third-order valence-electron chi connectivity index (χ3n) is 3.37. The molecule has 0 saturated heterocycles. The molecule has 5 nitrogen and oxygen atoms in total. The molecule has 0 radical (unpaired) electrons. The maximum atomic E-state index is 8.81. The Morgan fingerprint density at radius 2 is 1.07 bits per heavy atom. The fraction of sp³-hybridized carbons (Fsp3) is 0.318. The van der Waals surface area contributed by atoms with E-state index in [2.05, 4.69) is 34.3 Å². The Bertz CT molecular complexity index is 648. The lowest BCUT2D eigenvalue weighted by Crippen LogP contribution is -2.00. The summed E-state index contributed by atoms with van der Waals surface area (Å²) >= 11 is 0. The molecule has 0 aliphatic carbocycles. The number of nitrogens with two attached hydrogens (primary N) is 2. The van der Waals surface area contributed by atoms with Gasteiger partial charge in [0.25, 0.3) is 0 Å². The van der Waals surface area contributed by atoms with Crippen LogP contribution in [0.2, 0.25) is 0 Å². The van der Waals surface area contributed by atoms with E-state index in [1.54, 1.807) is 0 Å². The van der Waals surface area contributed by atoms with Crippen molar-refractivity contribution in [3.63, 3.8) is 0 Å². The van der Waals surface area contributed by atoms with E-state index in [-0.39, 0.29) is 0 Å². The van der Waals surface area contributed by atoms with Crippen molar-refractivity contribution in [2.45, 2.75) is 47.0 Å². The van der Waals surface area contributed by atoms with Crippen LogP contribution in [0.1, 0.15) is 43.0 Å². The van der Waals surface area contributed by atoms with Gasteiger partial charge >= 0.3 is 0 Å². The van der Waals surface area contributed by atoms with Gasteiger partial charge in [-0.15, -0.1) is 0 Å². The summed E-state index contributed by atoms with van der Waals surface area (Å²) < 4.78 is 0. The fourth-order valence-corrected chi connectivity index (χ4v) is 2.10. The van der Waals surface area contributed by atoms with Crippen molar-refractivity contribution in [1.29, 1.82) is 0 Å². The van der Waals surface area contributed by atoms with E-state index in [0.717, 1.165) is 30.5 Å². The summed E-state index contributed by atoms with van der Waals surface area (Å²) in [7, 11) is 0. The molecular weight excluding hydrogens is 336 g/mol. The van der Waals surface area contributed by atoms with Crippen molar-refractivity contribution in [3.05, 3.63) is 70.8 Å². The van der Waals surface area contributed by atoms with Crippen LogP contribution in [0.4, 0.5) is 0 Å². The summed E-state index contributed by atoms with van der Waals surface area (Å²) in [6.45, 7) is 8.03. The van der Waals surface area contributed by atoms with E-state index in [1.807, 2.05) is 50.5 Å². The van der Waals surface area contributed by atoms with Gasteiger partial charge in [0.05, 0.1) is 13.1 Å². The summed E-state index contributed by atoms with van der Waals surface area (Å²) in [4.78, 5) is 17.2. The van der Waals surface area contributed by atoms with Gasteiger partial charge in [-0.05, 0) is 55.5 Å². The SMILES string of the molecule is CC=NCc1cccc(CN=CC)c1.CC=O.NCc1cccc(CN)c1. The van der Waals surface area contributed by atoms with Gasteiger partial charge < -0.3 is 16.3 Å². The first-order valence-electron chi connectivity index (χ1n) is 8.99. The molecule has 2 rings (SSSR count). The predicted molar refractivity (Wildman–Crippen MR) is 116 cm³/mol. The summed E-state index contributed by atoms with van der Waals surface area (Å²) in [5, 5.41) is 0. The van der Waals surface area contributed by atoms with E-state index in [1.165, 1.54) is 18.1 Å². The van der Waals surface area contributed by atoms with Gasteiger partial charge in [0.1, 0.15) is 6.29 Å². The van der Waals surface area contributed by atoms with Crippen LogP contribution in [-0.2, 0) is 31.0 Å². The van der Waals surface area contributed by atoms with Crippen LogP contribution in [0.25, 0.3) is 0 Å². The van der Waals surface area contributed by atoms with Gasteiger partial charge in [-0.3, -0.25) is 9.98 Å². The molecule has 0 unspecified atom stereocenters. The van der Waals surface area contributed by atoms with E-state index >= 15 is 0 Å². The Morgan fingerprint density at radius 3 is 1.41 bits per heavy atom. The van der Waals surface area contributed by atoms with Crippen LogP contribution < -0.4 is 11.5 Å². The van der Waals surface area contributed by atoms with Crippen LogP contribution >= 0.6 is 0 Å². The number of carbonyl (C=O) groups is 1. The Kier molecular flexibility index (Phi) is 15.2. The lowest BCUT2D eigenvalue weighted by Gasteiger charge is -2.00. The van der Waals surface area contributed by atoms with Crippen LogP contribution in [0, 0.1) is 0 Å². The summed E-state index contributed by atoms with van der Waals surface area (Å²) in [6, 6.07) is 16.4. The number of aliphatic imine (C=N–C) groups is 2. The molecule has 146 valence electrons. The average molecular weight is 369 g/mol. The lowest BCUT2D eigenvalue weighted by atomic mass is 10.1. The van der Waals surface area contributed by atoms with Crippen molar-refractivity contribution < 1.29 is 4.79 Å². The van der Waals surface area contributed by atoms with Crippen LogP contribution in [0.15, 0.2) is 58.5 Å². The number of hydrogen-bond donors (Lipinski definition) is 2. The summed E-state index contributed by atoms with van der Waals surface area (Å²) in [5.74, 6) is 0. The Morgan fingerprint density at radius 1 is 0.741 bits per heavy atom. The third-order valence-corrected chi connectivity index (χ3v) is 3.37. The number of carbonyl (C=O) groups excluding carboxylic acids is 1. The fourth-order valence-electron chi connectivity index (χ4n) is 2.10. The van der Waals surface area contributed by atoms with Gasteiger partial charge in [0, 0.05) is 13.1 Å². The minimum Gasteiger partial charge on any atom is -0.326 e. The Hall–Kier alpha value is -2.63. The van der Waals surface area contributed by atoms with Gasteiger partial charge in [-0.25, -0.2) is 0 Å². The number of rotatable bonds is 6. The second-order valence-corrected chi connectivity index (χ2v) is 5.48. The minimum atomic E-state index is 0.591. The first-order valence-corrected chi connectivity index (χ1v) is 8.99. The highest BCUT2D eigenvalue weighted by Crippen LogP contribution is 2.07. The van der Waals surface area contributed by atoms with Crippen LogP contribution in [0.3, 0.4) is 0 Å². The minimum absolute atomic E-state index is 0.591. The van der Waals surface area contributed by atoms with E-state index in [4.69, 9.17) is 16.3 Å². The quantitative estimate of drug-likeness (QED) is 0.601. The molecule has 27 heavy (non-hydrogen) atoms. The van der Waals surface area contributed by atoms with E-state index in [0.29, 0.717) is 13.1 Å². The molecule has 4 N–H and O–H groups in total. The van der Waals surface area contributed by atoms with Gasteiger partial charge in [-0.1, -0.05) is 48.5 Å². The molecule has 0 bridgehead atoms. The average Bonchev–Trinajstić information content (AvgIpc) is 2.72. The van der Waals surface area contributed by atoms with Crippen molar-refractivity contribution >= 4 is 18.7 Å².